The quantitative estimate of drug-likeness (QED) is 0.704. The molecule has 0 unspecified atom stereocenters. The Labute approximate surface area is 148 Å². The Morgan fingerprint density at radius 1 is 1.29 bits per heavy atom. The fourth-order valence-corrected chi connectivity index (χ4v) is 3.93. The summed E-state index contributed by atoms with van der Waals surface area (Å²) >= 11 is 3.27. The predicted octanol–water partition coefficient (Wildman–Crippen LogP) is 4.51. The fourth-order valence-electron chi connectivity index (χ4n) is 2.13. The molecule has 2 N–H and O–H groups in total. The van der Waals surface area contributed by atoms with Crippen molar-refractivity contribution in [2.45, 2.75) is 13.5 Å². The van der Waals surface area contributed by atoms with Gasteiger partial charge in [0.05, 0.1) is 24.2 Å². The zero-order chi connectivity index (χ0) is 16.9. The number of thiophene rings is 1. The van der Waals surface area contributed by atoms with Crippen LogP contribution in [-0.4, -0.2) is 18.1 Å². The van der Waals surface area contributed by atoms with Crippen LogP contribution >= 0.6 is 22.7 Å². The SMILES string of the molecule is COc1cccc(NC(=O)NCc2sc(-c3cccs3)nc2C)c1. The highest BCUT2D eigenvalue weighted by Crippen LogP contribution is 2.30. The number of rotatable bonds is 5. The Balaban J connectivity index is 1.60. The first-order valence-electron chi connectivity index (χ1n) is 7.35. The van der Waals surface area contributed by atoms with Gasteiger partial charge < -0.3 is 15.4 Å². The molecule has 3 rings (SSSR count). The van der Waals surface area contributed by atoms with Gasteiger partial charge in [-0.25, -0.2) is 9.78 Å². The molecule has 1 aromatic carbocycles. The van der Waals surface area contributed by atoms with Crippen LogP contribution in [0.2, 0.25) is 0 Å². The van der Waals surface area contributed by atoms with E-state index >= 15 is 0 Å². The number of aryl methyl sites for hydroxylation is 1. The van der Waals surface area contributed by atoms with Crippen LogP contribution in [0.25, 0.3) is 9.88 Å². The van der Waals surface area contributed by atoms with Crippen molar-refractivity contribution in [1.82, 2.24) is 10.3 Å². The summed E-state index contributed by atoms with van der Waals surface area (Å²) < 4.78 is 5.14. The van der Waals surface area contributed by atoms with Crippen LogP contribution in [0.5, 0.6) is 5.75 Å². The predicted molar refractivity (Wildman–Crippen MR) is 99.0 cm³/mol. The zero-order valence-corrected chi connectivity index (χ0v) is 15.0. The molecular formula is C17H17N3O2S2. The second kappa shape index (κ2) is 7.46. The molecule has 2 amide bonds. The number of ether oxygens (including phenoxy) is 1. The van der Waals surface area contributed by atoms with E-state index < -0.39 is 0 Å². The van der Waals surface area contributed by atoms with Crippen molar-refractivity contribution >= 4 is 34.4 Å². The van der Waals surface area contributed by atoms with Crippen molar-refractivity contribution in [1.29, 1.82) is 0 Å². The Hall–Kier alpha value is -2.38. The van der Waals surface area contributed by atoms with Gasteiger partial charge in [-0.2, -0.15) is 0 Å². The molecule has 0 saturated heterocycles. The van der Waals surface area contributed by atoms with Gasteiger partial charge in [-0.3, -0.25) is 0 Å². The molecule has 24 heavy (non-hydrogen) atoms. The summed E-state index contributed by atoms with van der Waals surface area (Å²) in [6, 6.07) is 11.0. The monoisotopic (exact) mass is 359 g/mol. The average molecular weight is 359 g/mol. The van der Waals surface area contributed by atoms with Crippen LogP contribution in [0, 0.1) is 6.92 Å². The smallest absolute Gasteiger partial charge is 0.319 e. The number of amides is 2. The van der Waals surface area contributed by atoms with Crippen LogP contribution in [0.3, 0.4) is 0 Å². The number of carbonyl (C=O) groups is 1. The molecule has 7 heteroatoms. The Morgan fingerprint density at radius 2 is 2.17 bits per heavy atom. The summed E-state index contributed by atoms with van der Waals surface area (Å²) in [5, 5.41) is 8.69. The van der Waals surface area contributed by atoms with Gasteiger partial charge in [0.1, 0.15) is 10.8 Å². The number of carbonyl (C=O) groups excluding carboxylic acids is 1. The highest BCUT2D eigenvalue weighted by Gasteiger charge is 2.11. The van der Waals surface area contributed by atoms with Crippen LogP contribution < -0.4 is 15.4 Å². The number of anilines is 1. The van der Waals surface area contributed by atoms with Gasteiger partial charge in [0, 0.05) is 16.6 Å². The van der Waals surface area contributed by atoms with Crippen molar-refractivity contribution in [3.63, 3.8) is 0 Å². The standard InChI is InChI=1S/C17H17N3O2S2/c1-11-15(24-16(19-11)14-7-4-8-23-14)10-18-17(21)20-12-5-3-6-13(9-12)22-2/h3-9H,10H2,1-2H3,(H2,18,20,21). The first-order valence-corrected chi connectivity index (χ1v) is 9.04. The molecule has 2 heterocycles. The van der Waals surface area contributed by atoms with E-state index in [-0.39, 0.29) is 6.03 Å². The van der Waals surface area contributed by atoms with Crippen molar-refractivity contribution in [3.05, 3.63) is 52.3 Å². The third-order valence-corrected chi connectivity index (χ3v) is 5.56. The number of hydrogen-bond acceptors (Lipinski definition) is 5. The van der Waals surface area contributed by atoms with Crippen LogP contribution in [-0.2, 0) is 6.54 Å². The van der Waals surface area contributed by atoms with E-state index in [9.17, 15) is 4.79 Å². The molecule has 2 aromatic heterocycles. The highest BCUT2D eigenvalue weighted by atomic mass is 32.1. The normalized spacial score (nSPS) is 10.4. The number of hydrogen-bond donors (Lipinski definition) is 2. The van der Waals surface area contributed by atoms with Gasteiger partial charge in [0.2, 0.25) is 0 Å². The minimum Gasteiger partial charge on any atom is -0.497 e. The zero-order valence-electron chi connectivity index (χ0n) is 13.3. The van der Waals surface area contributed by atoms with Crippen molar-refractivity contribution in [2.24, 2.45) is 0 Å². The Bertz CT molecular complexity index is 828. The van der Waals surface area contributed by atoms with E-state index in [1.165, 1.54) is 0 Å². The molecule has 0 radical (unpaired) electrons. The van der Waals surface area contributed by atoms with Crippen molar-refractivity contribution in [2.75, 3.05) is 12.4 Å². The number of thiazole rings is 1. The molecule has 3 aromatic rings. The van der Waals surface area contributed by atoms with E-state index in [0.717, 1.165) is 20.5 Å². The van der Waals surface area contributed by atoms with Gasteiger partial charge >= 0.3 is 6.03 Å². The summed E-state index contributed by atoms with van der Waals surface area (Å²) in [6.45, 7) is 2.41. The summed E-state index contributed by atoms with van der Waals surface area (Å²) in [6.07, 6.45) is 0. The maximum absolute atomic E-state index is 12.1. The van der Waals surface area contributed by atoms with E-state index in [1.807, 2.05) is 36.6 Å². The van der Waals surface area contributed by atoms with Crippen LogP contribution in [0.1, 0.15) is 10.6 Å². The molecular weight excluding hydrogens is 342 g/mol. The molecule has 0 aliphatic carbocycles. The van der Waals surface area contributed by atoms with Crippen molar-refractivity contribution < 1.29 is 9.53 Å². The number of aromatic nitrogens is 1. The van der Waals surface area contributed by atoms with E-state index in [1.54, 1.807) is 35.8 Å². The molecule has 0 aliphatic heterocycles. The third-order valence-electron chi connectivity index (χ3n) is 3.36. The number of urea groups is 1. The van der Waals surface area contributed by atoms with E-state index in [4.69, 9.17) is 4.74 Å². The Kier molecular flexibility index (Phi) is 5.12. The lowest BCUT2D eigenvalue weighted by Crippen LogP contribution is -2.28. The Morgan fingerprint density at radius 3 is 2.92 bits per heavy atom. The first-order chi connectivity index (χ1) is 11.7. The molecule has 0 atom stereocenters. The van der Waals surface area contributed by atoms with Gasteiger partial charge in [-0.05, 0) is 30.5 Å². The number of nitrogens with zero attached hydrogens (tertiary/aromatic N) is 1. The molecule has 124 valence electrons. The van der Waals surface area contributed by atoms with Gasteiger partial charge in [-0.15, -0.1) is 22.7 Å². The van der Waals surface area contributed by atoms with E-state index in [2.05, 4.69) is 21.7 Å². The minimum atomic E-state index is -0.256. The molecule has 0 saturated carbocycles. The summed E-state index contributed by atoms with van der Waals surface area (Å²) in [7, 11) is 1.59. The second-order valence-corrected chi connectivity index (χ2v) is 7.08. The first kappa shape index (κ1) is 16.5. The molecule has 5 nitrogen and oxygen atoms in total. The number of benzene rings is 1. The molecule has 0 fully saturated rings. The largest absolute Gasteiger partial charge is 0.497 e. The minimum absolute atomic E-state index is 0.256. The van der Waals surface area contributed by atoms with E-state index in [0.29, 0.717) is 18.0 Å². The van der Waals surface area contributed by atoms with Gasteiger partial charge in [-0.1, -0.05) is 12.1 Å². The summed E-state index contributed by atoms with van der Waals surface area (Å²) in [5.41, 5.74) is 1.64. The lowest BCUT2D eigenvalue weighted by atomic mass is 10.3. The molecule has 0 bridgehead atoms. The highest BCUT2D eigenvalue weighted by molar-refractivity contribution is 7.21. The fraction of sp³-hybridized carbons (Fsp3) is 0.176. The van der Waals surface area contributed by atoms with Gasteiger partial charge in [0.25, 0.3) is 0 Å². The van der Waals surface area contributed by atoms with Crippen LogP contribution in [0.4, 0.5) is 10.5 Å². The third kappa shape index (κ3) is 3.93. The van der Waals surface area contributed by atoms with Crippen LogP contribution in [0.15, 0.2) is 41.8 Å². The maximum Gasteiger partial charge on any atom is 0.319 e. The van der Waals surface area contributed by atoms with Crippen molar-refractivity contribution in [3.8, 4) is 15.6 Å². The summed E-state index contributed by atoms with van der Waals surface area (Å²) in [4.78, 5) is 18.8. The van der Waals surface area contributed by atoms with Gasteiger partial charge in [0.15, 0.2) is 0 Å². The topological polar surface area (TPSA) is 63.2 Å². The molecule has 0 spiro atoms. The maximum atomic E-state index is 12.1. The number of nitrogens with one attached hydrogen (secondary N) is 2. The lowest BCUT2D eigenvalue weighted by Gasteiger charge is -2.08. The number of methoxy groups -OCH3 is 1. The molecule has 0 aliphatic rings. The lowest BCUT2D eigenvalue weighted by molar-refractivity contribution is 0.252. The second-order valence-electron chi connectivity index (χ2n) is 5.04. The summed E-state index contributed by atoms with van der Waals surface area (Å²) in [5.74, 6) is 0.701. The average Bonchev–Trinajstić information content (AvgIpc) is 3.23.